The molecule has 1 amide bonds. The number of methoxy groups -OCH3 is 1. The van der Waals surface area contributed by atoms with Crippen LogP contribution in [0.4, 0.5) is 4.39 Å². The maximum atomic E-state index is 13.8. The Morgan fingerprint density at radius 2 is 1.78 bits per heavy atom. The number of nitrogens with zero attached hydrogens (tertiary/aromatic N) is 2. The lowest BCUT2D eigenvalue weighted by Crippen LogP contribution is -2.48. The van der Waals surface area contributed by atoms with Crippen LogP contribution in [0, 0.1) is 5.82 Å². The van der Waals surface area contributed by atoms with Crippen LogP contribution in [0.1, 0.15) is 22.8 Å². The maximum absolute atomic E-state index is 13.8. The molecule has 0 atom stereocenters. The van der Waals surface area contributed by atoms with Gasteiger partial charge < -0.3 is 14.4 Å². The summed E-state index contributed by atoms with van der Waals surface area (Å²) in [7, 11) is 1.46. The van der Waals surface area contributed by atoms with Crippen molar-refractivity contribution < 1.29 is 18.7 Å². The van der Waals surface area contributed by atoms with Gasteiger partial charge in [-0.1, -0.05) is 6.07 Å². The van der Waals surface area contributed by atoms with Crippen LogP contribution in [-0.4, -0.2) is 55.6 Å². The number of hydrogen-bond donors (Lipinski definition) is 0. The van der Waals surface area contributed by atoms with Crippen LogP contribution >= 0.6 is 0 Å². The van der Waals surface area contributed by atoms with Crippen LogP contribution in [0.3, 0.4) is 0 Å². The van der Waals surface area contributed by atoms with E-state index in [1.54, 1.807) is 18.2 Å². The smallest absolute Gasteiger partial charge is 0.253 e. The normalized spacial score (nSPS) is 14.9. The predicted octanol–water partition coefficient (Wildman–Crippen LogP) is 3.19. The fourth-order valence-corrected chi connectivity index (χ4v) is 3.22. The second-order valence-electron chi connectivity index (χ2n) is 6.49. The number of piperazine rings is 1. The van der Waals surface area contributed by atoms with Gasteiger partial charge in [-0.15, -0.1) is 0 Å². The van der Waals surface area contributed by atoms with Crippen molar-refractivity contribution >= 4 is 5.91 Å². The lowest BCUT2D eigenvalue weighted by atomic mass is 10.1. The Hall–Kier alpha value is -2.60. The predicted molar refractivity (Wildman–Crippen MR) is 102 cm³/mol. The van der Waals surface area contributed by atoms with Crippen LogP contribution in [0.2, 0.25) is 0 Å². The molecule has 27 heavy (non-hydrogen) atoms. The molecule has 2 aromatic carbocycles. The summed E-state index contributed by atoms with van der Waals surface area (Å²) in [5.74, 6) is 0.711. The summed E-state index contributed by atoms with van der Waals surface area (Å²) in [6.07, 6.45) is 0. The molecular formula is C21H25FN2O3. The molecule has 5 nitrogen and oxygen atoms in total. The highest BCUT2D eigenvalue weighted by Gasteiger charge is 2.22. The van der Waals surface area contributed by atoms with Gasteiger partial charge in [-0.3, -0.25) is 9.69 Å². The number of halogens is 1. The fraction of sp³-hybridized carbons (Fsp3) is 0.381. The zero-order valence-electron chi connectivity index (χ0n) is 15.8. The van der Waals surface area contributed by atoms with Crippen LogP contribution in [-0.2, 0) is 6.54 Å². The van der Waals surface area contributed by atoms with Crippen molar-refractivity contribution in [3.63, 3.8) is 0 Å². The number of benzene rings is 2. The highest BCUT2D eigenvalue weighted by Crippen LogP contribution is 2.20. The molecule has 6 heteroatoms. The van der Waals surface area contributed by atoms with Crippen molar-refractivity contribution in [1.82, 2.24) is 9.80 Å². The summed E-state index contributed by atoms with van der Waals surface area (Å²) in [6, 6.07) is 12.3. The minimum Gasteiger partial charge on any atom is -0.494 e. The Morgan fingerprint density at radius 3 is 2.37 bits per heavy atom. The number of ether oxygens (including phenoxy) is 2. The maximum Gasteiger partial charge on any atom is 0.253 e. The molecule has 0 N–H and O–H groups in total. The van der Waals surface area contributed by atoms with E-state index in [2.05, 4.69) is 4.90 Å². The molecule has 2 aromatic rings. The van der Waals surface area contributed by atoms with Gasteiger partial charge in [0.1, 0.15) is 5.75 Å². The largest absolute Gasteiger partial charge is 0.494 e. The van der Waals surface area contributed by atoms with Gasteiger partial charge in [0.15, 0.2) is 11.6 Å². The molecule has 0 aliphatic carbocycles. The minimum absolute atomic E-state index is 0.0354. The molecule has 0 unspecified atom stereocenters. The van der Waals surface area contributed by atoms with Crippen LogP contribution in [0.15, 0.2) is 42.5 Å². The van der Waals surface area contributed by atoms with Crippen molar-refractivity contribution in [3.05, 3.63) is 59.4 Å². The molecule has 0 radical (unpaired) electrons. The fourth-order valence-electron chi connectivity index (χ4n) is 3.22. The van der Waals surface area contributed by atoms with Crippen LogP contribution < -0.4 is 9.47 Å². The summed E-state index contributed by atoms with van der Waals surface area (Å²) in [4.78, 5) is 16.7. The van der Waals surface area contributed by atoms with E-state index in [0.29, 0.717) is 31.8 Å². The zero-order chi connectivity index (χ0) is 19.2. The van der Waals surface area contributed by atoms with Crippen LogP contribution in [0.25, 0.3) is 0 Å². The third-order valence-corrected chi connectivity index (χ3v) is 4.69. The Balaban J connectivity index is 1.53. The summed E-state index contributed by atoms with van der Waals surface area (Å²) in [5.41, 5.74) is 1.57. The van der Waals surface area contributed by atoms with E-state index in [4.69, 9.17) is 9.47 Å². The number of hydrogen-bond acceptors (Lipinski definition) is 4. The molecule has 1 saturated heterocycles. The summed E-state index contributed by atoms with van der Waals surface area (Å²) < 4.78 is 24.2. The SMILES string of the molecule is CCOc1ccc(C(=O)N2CCN(Cc3ccc(OC)c(F)c3)CC2)cc1. The molecule has 144 valence electrons. The van der Waals surface area contributed by atoms with Crippen molar-refractivity contribution in [1.29, 1.82) is 0 Å². The van der Waals surface area contributed by atoms with E-state index in [1.807, 2.05) is 30.0 Å². The number of rotatable bonds is 6. The van der Waals surface area contributed by atoms with E-state index in [9.17, 15) is 9.18 Å². The Bertz CT molecular complexity index is 771. The third kappa shape index (κ3) is 4.77. The van der Waals surface area contributed by atoms with Crippen molar-refractivity contribution in [2.45, 2.75) is 13.5 Å². The highest BCUT2D eigenvalue weighted by atomic mass is 19.1. The van der Waals surface area contributed by atoms with E-state index in [0.717, 1.165) is 24.4 Å². The zero-order valence-corrected chi connectivity index (χ0v) is 15.8. The Morgan fingerprint density at radius 1 is 1.07 bits per heavy atom. The Kier molecular flexibility index (Phi) is 6.29. The molecule has 1 aliphatic rings. The standard InChI is InChI=1S/C21H25FN2O3/c1-3-27-18-7-5-17(6-8-18)21(25)24-12-10-23(11-13-24)15-16-4-9-20(26-2)19(22)14-16/h4-9,14H,3,10-13,15H2,1-2H3. The second-order valence-corrected chi connectivity index (χ2v) is 6.49. The molecule has 1 aliphatic heterocycles. The van der Waals surface area contributed by atoms with Gasteiger partial charge in [0.05, 0.1) is 13.7 Å². The first-order valence-corrected chi connectivity index (χ1v) is 9.17. The summed E-state index contributed by atoms with van der Waals surface area (Å²) in [6.45, 7) is 6.03. The molecule has 1 heterocycles. The van der Waals surface area contributed by atoms with Crippen molar-refractivity contribution in [2.24, 2.45) is 0 Å². The molecule has 0 aromatic heterocycles. The summed E-state index contributed by atoms with van der Waals surface area (Å²) in [5, 5.41) is 0. The van der Waals surface area contributed by atoms with E-state index >= 15 is 0 Å². The highest BCUT2D eigenvalue weighted by molar-refractivity contribution is 5.94. The molecule has 0 spiro atoms. The van der Waals surface area contributed by atoms with E-state index < -0.39 is 0 Å². The van der Waals surface area contributed by atoms with Crippen LogP contribution in [0.5, 0.6) is 11.5 Å². The summed E-state index contributed by atoms with van der Waals surface area (Å²) >= 11 is 0. The van der Waals surface area contributed by atoms with Gasteiger partial charge in [-0.2, -0.15) is 0 Å². The molecule has 1 fully saturated rings. The quantitative estimate of drug-likeness (QED) is 0.781. The lowest BCUT2D eigenvalue weighted by Gasteiger charge is -2.34. The van der Waals surface area contributed by atoms with Gasteiger partial charge in [0.25, 0.3) is 5.91 Å². The van der Waals surface area contributed by atoms with Gasteiger partial charge >= 0.3 is 0 Å². The first kappa shape index (κ1) is 19.2. The molecule has 3 rings (SSSR count). The molecular weight excluding hydrogens is 347 g/mol. The van der Waals surface area contributed by atoms with Crippen molar-refractivity contribution in [3.8, 4) is 11.5 Å². The van der Waals surface area contributed by atoms with Gasteiger partial charge in [-0.05, 0) is 48.9 Å². The average molecular weight is 372 g/mol. The minimum atomic E-state index is -0.348. The monoisotopic (exact) mass is 372 g/mol. The average Bonchev–Trinajstić information content (AvgIpc) is 2.69. The van der Waals surface area contributed by atoms with E-state index in [1.165, 1.54) is 13.2 Å². The topological polar surface area (TPSA) is 42.0 Å². The van der Waals surface area contributed by atoms with Gasteiger partial charge in [0.2, 0.25) is 0 Å². The van der Waals surface area contributed by atoms with Crippen molar-refractivity contribution in [2.75, 3.05) is 39.9 Å². The molecule has 0 saturated carbocycles. The Labute approximate surface area is 159 Å². The second kappa shape index (κ2) is 8.86. The lowest BCUT2D eigenvalue weighted by molar-refractivity contribution is 0.0628. The molecule has 0 bridgehead atoms. The van der Waals surface area contributed by atoms with Gasteiger partial charge in [-0.25, -0.2) is 4.39 Å². The first-order valence-electron chi connectivity index (χ1n) is 9.17. The third-order valence-electron chi connectivity index (χ3n) is 4.69. The number of carbonyl (C=O) groups is 1. The number of carbonyl (C=O) groups excluding carboxylic acids is 1. The van der Waals surface area contributed by atoms with Gasteiger partial charge in [0, 0.05) is 38.3 Å². The van der Waals surface area contributed by atoms with E-state index in [-0.39, 0.29) is 17.5 Å². The first-order chi connectivity index (χ1) is 13.1. The number of amides is 1.